The van der Waals surface area contributed by atoms with Crippen LogP contribution >= 0.6 is 11.8 Å². The molecular weight excluding hydrogens is 236 g/mol. The van der Waals surface area contributed by atoms with Gasteiger partial charge in [-0.3, -0.25) is 10.1 Å². The standard InChI is InChI=1S/C12H24N2O2S/c1-4-14(5-2)7-6-13-12(11(15)16)8-10(3)17-9-12/h10,13H,4-9H2,1-3H3,(H,15,16). The van der Waals surface area contributed by atoms with Gasteiger partial charge < -0.3 is 10.0 Å². The average Bonchev–Trinajstić information content (AvgIpc) is 2.68. The first-order valence-electron chi connectivity index (χ1n) is 6.36. The molecule has 5 heteroatoms. The lowest BCUT2D eigenvalue weighted by Gasteiger charge is -2.27. The smallest absolute Gasteiger partial charge is 0.324 e. The van der Waals surface area contributed by atoms with Crippen LogP contribution in [0, 0.1) is 0 Å². The second-order valence-corrected chi connectivity index (χ2v) is 6.09. The molecule has 0 radical (unpaired) electrons. The van der Waals surface area contributed by atoms with Crippen molar-refractivity contribution in [3.63, 3.8) is 0 Å². The minimum Gasteiger partial charge on any atom is -0.480 e. The Kier molecular flexibility index (Phi) is 5.76. The van der Waals surface area contributed by atoms with Crippen molar-refractivity contribution < 1.29 is 9.90 Å². The maximum absolute atomic E-state index is 11.4. The van der Waals surface area contributed by atoms with E-state index in [1.54, 1.807) is 11.8 Å². The van der Waals surface area contributed by atoms with Crippen molar-refractivity contribution >= 4 is 17.7 Å². The number of hydrogen-bond donors (Lipinski definition) is 2. The quantitative estimate of drug-likeness (QED) is 0.722. The van der Waals surface area contributed by atoms with Crippen molar-refractivity contribution in [2.45, 2.75) is 38.0 Å². The highest BCUT2D eigenvalue weighted by Gasteiger charge is 2.44. The Hall–Kier alpha value is -0.260. The van der Waals surface area contributed by atoms with Crippen LogP contribution in [0.4, 0.5) is 0 Å². The van der Waals surface area contributed by atoms with Gasteiger partial charge in [-0.2, -0.15) is 11.8 Å². The van der Waals surface area contributed by atoms with Gasteiger partial charge in [0.05, 0.1) is 0 Å². The van der Waals surface area contributed by atoms with Gasteiger partial charge in [-0.1, -0.05) is 20.8 Å². The van der Waals surface area contributed by atoms with E-state index in [1.807, 2.05) is 0 Å². The van der Waals surface area contributed by atoms with Gasteiger partial charge >= 0.3 is 5.97 Å². The normalized spacial score (nSPS) is 28.8. The molecule has 100 valence electrons. The number of carboxylic acids is 1. The second kappa shape index (κ2) is 6.61. The zero-order valence-corrected chi connectivity index (χ0v) is 11.8. The lowest BCUT2D eigenvalue weighted by molar-refractivity contribution is -0.143. The molecule has 1 rings (SSSR count). The molecule has 0 aromatic rings. The monoisotopic (exact) mass is 260 g/mol. The molecule has 2 unspecified atom stereocenters. The van der Waals surface area contributed by atoms with E-state index in [9.17, 15) is 9.90 Å². The lowest BCUT2D eigenvalue weighted by Crippen LogP contribution is -2.54. The van der Waals surface area contributed by atoms with Crippen LogP contribution in [0.25, 0.3) is 0 Å². The summed E-state index contributed by atoms with van der Waals surface area (Å²) >= 11 is 1.75. The summed E-state index contributed by atoms with van der Waals surface area (Å²) in [5.74, 6) is -0.0178. The Labute approximate surface area is 108 Å². The summed E-state index contributed by atoms with van der Waals surface area (Å²) in [5, 5.41) is 13.1. The van der Waals surface area contributed by atoms with E-state index in [0.29, 0.717) is 11.0 Å². The van der Waals surface area contributed by atoms with Gasteiger partial charge in [0.1, 0.15) is 5.54 Å². The predicted molar refractivity (Wildman–Crippen MR) is 72.7 cm³/mol. The molecule has 0 amide bonds. The van der Waals surface area contributed by atoms with Crippen LogP contribution in [0.3, 0.4) is 0 Å². The Morgan fingerprint density at radius 2 is 2.18 bits per heavy atom. The molecule has 0 spiro atoms. The van der Waals surface area contributed by atoms with Gasteiger partial charge in [-0.05, 0) is 19.5 Å². The van der Waals surface area contributed by atoms with E-state index in [0.717, 1.165) is 32.6 Å². The molecule has 0 aromatic heterocycles. The molecule has 1 heterocycles. The zero-order chi connectivity index (χ0) is 12.9. The Morgan fingerprint density at radius 1 is 1.53 bits per heavy atom. The third kappa shape index (κ3) is 3.86. The molecule has 17 heavy (non-hydrogen) atoms. The molecule has 0 aromatic carbocycles. The summed E-state index contributed by atoms with van der Waals surface area (Å²) in [6.07, 6.45) is 0.727. The van der Waals surface area contributed by atoms with Gasteiger partial charge in [0.25, 0.3) is 0 Å². The first-order valence-corrected chi connectivity index (χ1v) is 7.41. The summed E-state index contributed by atoms with van der Waals surface area (Å²) in [7, 11) is 0. The molecule has 1 aliphatic rings. The number of nitrogens with one attached hydrogen (secondary N) is 1. The fourth-order valence-corrected chi connectivity index (χ4v) is 3.55. The number of likely N-dealkylation sites (N-methyl/N-ethyl adjacent to an activating group) is 1. The fraction of sp³-hybridized carbons (Fsp3) is 0.917. The van der Waals surface area contributed by atoms with E-state index in [2.05, 4.69) is 31.0 Å². The van der Waals surface area contributed by atoms with Crippen LogP contribution in [-0.4, -0.2) is 58.7 Å². The van der Waals surface area contributed by atoms with E-state index in [1.165, 1.54) is 0 Å². The molecule has 2 atom stereocenters. The average molecular weight is 260 g/mol. The highest BCUT2D eigenvalue weighted by Crippen LogP contribution is 2.34. The number of aliphatic carboxylic acids is 1. The molecule has 4 nitrogen and oxygen atoms in total. The number of thioether (sulfide) groups is 1. The highest BCUT2D eigenvalue weighted by molar-refractivity contribution is 8.00. The van der Waals surface area contributed by atoms with Gasteiger partial charge in [0.2, 0.25) is 0 Å². The summed E-state index contributed by atoms with van der Waals surface area (Å²) in [4.78, 5) is 13.7. The molecule has 0 aliphatic carbocycles. The molecule has 2 N–H and O–H groups in total. The molecule has 1 fully saturated rings. The van der Waals surface area contributed by atoms with Gasteiger partial charge in [0.15, 0.2) is 0 Å². The Balaban J connectivity index is 2.44. The number of hydrogen-bond acceptors (Lipinski definition) is 4. The van der Waals surface area contributed by atoms with E-state index in [-0.39, 0.29) is 0 Å². The maximum Gasteiger partial charge on any atom is 0.324 e. The first kappa shape index (κ1) is 14.8. The molecule has 0 saturated carbocycles. The predicted octanol–water partition coefficient (Wildman–Crippen LogP) is 1.27. The topological polar surface area (TPSA) is 52.6 Å². The molecule has 0 bridgehead atoms. The summed E-state index contributed by atoms with van der Waals surface area (Å²) < 4.78 is 0. The van der Waals surface area contributed by atoms with Gasteiger partial charge in [-0.15, -0.1) is 0 Å². The summed E-state index contributed by atoms with van der Waals surface area (Å²) in [6, 6.07) is 0. The van der Waals surface area contributed by atoms with Crippen molar-refractivity contribution in [2.75, 3.05) is 31.9 Å². The molecule has 1 aliphatic heterocycles. The van der Waals surface area contributed by atoms with Crippen LogP contribution in [0.2, 0.25) is 0 Å². The Morgan fingerprint density at radius 3 is 2.59 bits per heavy atom. The number of rotatable bonds is 7. The number of carboxylic acid groups (broad SMARTS) is 1. The second-order valence-electron chi connectivity index (χ2n) is 4.67. The van der Waals surface area contributed by atoms with Crippen molar-refractivity contribution in [3.8, 4) is 0 Å². The minimum absolute atomic E-state index is 0.437. The molecule has 1 saturated heterocycles. The minimum atomic E-state index is -0.700. The third-order valence-corrected chi connectivity index (χ3v) is 4.84. The van der Waals surface area contributed by atoms with Gasteiger partial charge in [-0.25, -0.2) is 0 Å². The third-order valence-electron chi connectivity index (χ3n) is 3.45. The van der Waals surface area contributed by atoms with Crippen LogP contribution in [-0.2, 0) is 4.79 Å². The van der Waals surface area contributed by atoms with Crippen LogP contribution in [0.1, 0.15) is 27.2 Å². The van der Waals surface area contributed by atoms with E-state index in [4.69, 9.17) is 0 Å². The first-order chi connectivity index (χ1) is 8.04. The van der Waals surface area contributed by atoms with E-state index >= 15 is 0 Å². The Bertz CT molecular complexity index is 259. The number of nitrogens with zero attached hydrogens (tertiary/aromatic N) is 1. The highest BCUT2D eigenvalue weighted by atomic mass is 32.2. The number of carbonyl (C=O) groups is 1. The maximum atomic E-state index is 11.4. The summed E-state index contributed by atoms with van der Waals surface area (Å²) in [6.45, 7) is 10.1. The SMILES string of the molecule is CCN(CC)CCNC1(C(=O)O)CSC(C)C1. The van der Waals surface area contributed by atoms with Crippen molar-refractivity contribution in [1.29, 1.82) is 0 Å². The summed E-state index contributed by atoms with van der Waals surface area (Å²) in [5.41, 5.74) is -0.697. The molecular formula is C12H24N2O2S. The van der Waals surface area contributed by atoms with E-state index < -0.39 is 11.5 Å². The van der Waals surface area contributed by atoms with Crippen molar-refractivity contribution in [3.05, 3.63) is 0 Å². The largest absolute Gasteiger partial charge is 0.480 e. The van der Waals surface area contributed by atoms with Crippen molar-refractivity contribution in [2.24, 2.45) is 0 Å². The van der Waals surface area contributed by atoms with Crippen LogP contribution in [0.5, 0.6) is 0 Å². The van der Waals surface area contributed by atoms with Gasteiger partial charge in [0, 0.05) is 24.1 Å². The van der Waals surface area contributed by atoms with Crippen molar-refractivity contribution in [1.82, 2.24) is 10.2 Å². The zero-order valence-electron chi connectivity index (χ0n) is 11.0. The lowest BCUT2D eigenvalue weighted by atomic mass is 9.96. The van der Waals surface area contributed by atoms with Crippen LogP contribution < -0.4 is 5.32 Å². The fourth-order valence-electron chi connectivity index (χ4n) is 2.23. The van der Waals surface area contributed by atoms with Crippen LogP contribution in [0.15, 0.2) is 0 Å².